The van der Waals surface area contributed by atoms with Gasteiger partial charge in [-0.25, -0.2) is 0 Å². The molecule has 5 nitrogen and oxygen atoms in total. The third kappa shape index (κ3) is 6.54. The van der Waals surface area contributed by atoms with Gasteiger partial charge in [-0.2, -0.15) is 0 Å². The lowest BCUT2D eigenvalue weighted by molar-refractivity contribution is -0.121. The molecule has 0 spiro atoms. The Morgan fingerprint density at radius 2 is 0.941 bits per heavy atom. The average molecular weight is 471 g/mol. The number of carbonyl (C=O) groups is 1. The van der Waals surface area contributed by atoms with E-state index >= 15 is 0 Å². The maximum Gasteiger partial charge on any atom is 0.147 e. The van der Waals surface area contributed by atoms with Crippen LogP contribution in [-0.2, 0) is 15.6 Å². The Morgan fingerprint density at radius 3 is 1.21 bits per heavy atom. The summed E-state index contributed by atoms with van der Waals surface area (Å²) in [6.45, 7) is 15.4. The number of ketones is 1. The third-order valence-corrected chi connectivity index (χ3v) is 6.66. The van der Waals surface area contributed by atoms with Crippen LogP contribution in [0.4, 0.5) is 0 Å². The zero-order chi connectivity index (χ0) is 26.0. The largest absolute Gasteiger partial charge is 0.393 e. The van der Waals surface area contributed by atoms with Crippen LogP contribution in [0, 0.1) is 0 Å². The summed E-state index contributed by atoms with van der Waals surface area (Å²) in [5, 5.41) is 39.5. The molecule has 0 radical (unpaired) electrons. The van der Waals surface area contributed by atoms with Gasteiger partial charge in [-0.15, -0.1) is 0 Å². The quantitative estimate of drug-likeness (QED) is 0.444. The van der Waals surface area contributed by atoms with Gasteiger partial charge in [-0.05, 0) is 44.2 Å². The molecule has 0 fully saturated rings. The summed E-state index contributed by atoms with van der Waals surface area (Å²) in [4.78, 5) is 13.6. The van der Waals surface area contributed by atoms with E-state index in [4.69, 9.17) is 0 Å². The molecule has 2 rings (SSSR count). The molecule has 0 saturated carbocycles. The number of aliphatic hydroxyl groups is 4. The number of hydrogen-bond donors (Lipinski definition) is 4. The summed E-state index contributed by atoms with van der Waals surface area (Å²) in [6.07, 6.45) is -2.02. The van der Waals surface area contributed by atoms with E-state index < -0.39 is 24.0 Å². The molecule has 0 aliphatic carbocycles. The zero-order valence-corrected chi connectivity index (χ0v) is 21.9. The SMILES string of the molecule is CC(C(=O)C(C)c1cc(C(O)CO)cc(C(C)(C)C)c1)c1cc(C(O)CO)cc(C(C)(C)C)c1. The van der Waals surface area contributed by atoms with E-state index in [2.05, 4.69) is 41.5 Å². The monoisotopic (exact) mass is 470 g/mol. The molecule has 0 bridgehead atoms. The summed E-state index contributed by atoms with van der Waals surface area (Å²) in [5.74, 6) is -0.858. The highest BCUT2D eigenvalue weighted by Crippen LogP contribution is 2.35. The first-order chi connectivity index (χ1) is 15.6. The lowest BCUT2D eigenvalue weighted by atomic mass is 9.78. The van der Waals surface area contributed by atoms with E-state index in [1.54, 1.807) is 12.1 Å². The molecule has 2 aromatic rings. The van der Waals surface area contributed by atoms with Crippen molar-refractivity contribution in [3.63, 3.8) is 0 Å². The third-order valence-electron chi connectivity index (χ3n) is 6.66. The minimum atomic E-state index is -1.01. The second kappa shape index (κ2) is 10.7. The number of benzene rings is 2. The summed E-state index contributed by atoms with van der Waals surface area (Å²) in [6, 6.07) is 11.4. The fourth-order valence-electron chi connectivity index (χ4n) is 4.02. The molecule has 0 heterocycles. The van der Waals surface area contributed by atoms with Crippen molar-refractivity contribution < 1.29 is 25.2 Å². The molecule has 34 heavy (non-hydrogen) atoms. The van der Waals surface area contributed by atoms with Crippen molar-refractivity contribution in [2.75, 3.05) is 13.2 Å². The standard InChI is InChI=1S/C29H42O5/c1-17(19-9-21(25(32)15-30)13-23(11-19)28(3,4)5)27(34)18(2)20-10-22(26(33)16-31)14-24(12-20)29(6,7)8/h9-14,17-18,25-26,30-33H,15-16H2,1-8H3. The Morgan fingerprint density at radius 1 is 0.647 bits per heavy atom. The van der Waals surface area contributed by atoms with Crippen LogP contribution in [0.1, 0.15) is 113 Å². The van der Waals surface area contributed by atoms with Crippen molar-refractivity contribution in [1.29, 1.82) is 0 Å². The molecular weight excluding hydrogens is 428 g/mol. The Kier molecular flexibility index (Phi) is 8.87. The lowest BCUT2D eigenvalue weighted by Gasteiger charge is -2.26. The van der Waals surface area contributed by atoms with Crippen LogP contribution >= 0.6 is 0 Å². The second-order valence-electron chi connectivity index (χ2n) is 11.5. The molecule has 0 aliphatic heterocycles. The predicted octanol–water partition coefficient (Wildman–Crippen LogP) is 4.81. The van der Waals surface area contributed by atoms with Gasteiger partial charge in [0.05, 0.1) is 13.2 Å². The maximum atomic E-state index is 13.6. The molecule has 0 amide bonds. The van der Waals surface area contributed by atoms with Crippen LogP contribution in [0.2, 0.25) is 0 Å². The van der Waals surface area contributed by atoms with E-state index in [9.17, 15) is 25.2 Å². The Labute approximate surface area is 204 Å². The van der Waals surface area contributed by atoms with E-state index in [0.29, 0.717) is 11.1 Å². The Bertz CT molecular complexity index is 917. The van der Waals surface area contributed by atoms with Gasteiger partial charge in [0, 0.05) is 11.8 Å². The summed E-state index contributed by atoms with van der Waals surface area (Å²) in [7, 11) is 0. The fourth-order valence-corrected chi connectivity index (χ4v) is 4.02. The molecule has 0 saturated heterocycles. The minimum absolute atomic E-state index is 0.0194. The van der Waals surface area contributed by atoms with Crippen molar-refractivity contribution in [3.05, 3.63) is 69.8 Å². The molecule has 0 aromatic heterocycles. The van der Waals surface area contributed by atoms with Gasteiger partial charge in [0.2, 0.25) is 0 Å². The first-order valence-corrected chi connectivity index (χ1v) is 12.0. The molecule has 4 unspecified atom stereocenters. The highest BCUT2D eigenvalue weighted by atomic mass is 16.3. The Balaban J connectivity index is 2.52. The number of Topliss-reactive ketones (excluding diaryl/α,β-unsaturated/α-hetero) is 1. The number of rotatable bonds is 8. The second-order valence-corrected chi connectivity index (χ2v) is 11.5. The minimum Gasteiger partial charge on any atom is -0.393 e. The first-order valence-electron chi connectivity index (χ1n) is 12.0. The molecule has 188 valence electrons. The fraction of sp³-hybridized carbons (Fsp3) is 0.552. The van der Waals surface area contributed by atoms with Crippen LogP contribution in [0.15, 0.2) is 36.4 Å². The normalized spacial score (nSPS) is 16.1. The van der Waals surface area contributed by atoms with Crippen LogP contribution in [-0.4, -0.2) is 39.4 Å². The molecule has 0 aliphatic rings. The molecule has 2 aromatic carbocycles. The highest BCUT2D eigenvalue weighted by Gasteiger charge is 2.28. The maximum absolute atomic E-state index is 13.6. The van der Waals surface area contributed by atoms with Crippen molar-refractivity contribution in [3.8, 4) is 0 Å². The summed E-state index contributed by atoms with van der Waals surface area (Å²) in [5.41, 5.74) is 4.39. The number of hydrogen-bond acceptors (Lipinski definition) is 5. The zero-order valence-electron chi connectivity index (χ0n) is 21.9. The Hall–Kier alpha value is -2.05. The van der Waals surface area contributed by atoms with Gasteiger partial charge in [0.25, 0.3) is 0 Å². The van der Waals surface area contributed by atoms with Crippen molar-refractivity contribution in [1.82, 2.24) is 0 Å². The van der Waals surface area contributed by atoms with Gasteiger partial charge in [-0.3, -0.25) is 4.79 Å². The van der Waals surface area contributed by atoms with Crippen molar-refractivity contribution in [2.24, 2.45) is 0 Å². The molecule has 5 heteroatoms. The van der Waals surface area contributed by atoms with Crippen LogP contribution in [0.3, 0.4) is 0 Å². The average Bonchev–Trinajstić information content (AvgIpc) is 2.79. The molecule has 4 N–H and O–H groups in total. The predicted molar refractivity (Wildman–Crippen MR) is 136 cm³/mol. The van der Waals surface area contributed by atoms with E-state index in [-0.39, 0.29) is 29.8 Å². The lowest BCUT2D eigenvalue weighted by Crippen LogP contribution is -2.20. The summed E-state index contributed by atoms with van der Waals surface area (Å²) >= 11 is 0. The van der Waals surface area contributed by atoms with Gasteiger partial charge >= 0.3 is 0 Å². The first kappa shape index (κ1) is 28.2. The van der Waals surface area contributed by atoms with E-state index in [1.165, 1.54) is 0 Å². The smallest absolute Gasteiger partial charge is 0.147 e. The van der Waals surface area contributed by atoms with Crippen LogP contribution in [0.25, 0.3) is 0 Å². The summed E-state index contributed by atoms with van der Waals surface area (Å²) < 4.78 is 0. The van der Waals surface area contributed by atoms with Gasteiger partial charge in [-0.1, -0.05) is 91.8 Å². The number of aliphatic hydroxyl groups excluding tert-OH is 4. The van der Waals surface area contributed by atoms with Crippen LogP contribution < -0.4 is 0 Å². The molecular formula is C29H42O5. The topological polar surface area (TPSA) is 98.0 Å². The van der Waals surface area contributed by atoms with Crippen LogP contribution in [0.5, 0.6) is 0 Å². The highest BCUT2D eigenvalue weighted by molar-refractivity contribution is 5.91. The van der Waals surface area contributed by atoms with Gasteiger partial charge in [0.1, 0.15) is 18.0 Å². The molecule has 4 atom stereocenters. The van der Waals surface area contributed by atoms with E-state index in [1.807, 2.05) is 38.1 Å². The van der Waals surface area contributed by atoms with E-state index in [0.717, 1.165) is 22.3 Å². The van der Waals surface area contributed by atoms with Crippen molar-refractivity contribution >= 4 is 5.78 Å². The van der Waals surface area contributed by atoms with Crippen molar-refractivity contribution in [2.45, 2.75) is 90.3 Å². The van der Waals surface area contributed by atoms with Gasteiger partial charge in [0.15, 0.2) is 0 Å². The van der Waals surface area contributed by atoms with Gasteiger partial charge < -0.3 is 20.4 Å². The number of carbonyl (C=O) groups excluding carboxylic acids is 1.